The molecule has 114 valence electrons. The van der Waals surface area contributed by atoms with Crippen LogP contribution in [-0.2, 0) is 13.1 Å². The molecule has 0 unspecified atom stereocenters. The van der Waals surface area contributed by atoms with Crippen LogP contribution in [0.15, 0.2) is 28.7 Å². The van der Waals surface area contributed by atoms with Crippen LogP contribution in [0.1, 0.15) is 43.4 Å². The molecule has 3 rings (SSSR count). The van der Waals surface area contributed by atoms with Crippen molar-refractivity contribution in [2.24, 2.45) is 0 Å². The molecule has 1 N–H and O–H groups in total. The largest absolute Gasteiger partial charge is 0.459 e. The Labute approximate surface area is 127 Å². The molecule has 0 radical (unpaired) electrons. The summed E-state index contributed by atoms with van der Waals surface area (Å²) in [6.07, 6.45) is 6.81. The maximum atomic E-state index is 6.13. The zero-order valence-electron chi connectivity index (χ0n) is 13.2. The summed E-state index contributed by atoms with van der Waals surface area (Å²) in [5.74, 6) is 1.12. The van der Waals surface area contributed by atoms with E-state index in [1.807, 2.05) is 13.1 Å². The maximum absolute atomic E-state index is 6.13. The molecule has 0 amide bonds. The third-order valence-corrected chi connectivity index (χ3v) is 4.73. The molecule has 0 aliphatic heterocycles. The van der Waals surface area contributed by atoms with Crippen LogP contribution in [0.3, 0.4) is 0 Å². The summed E-state index contributed by atoms with van der Waals surface area (Å²) in [4.78, 5) is 2.48. The lowest BCUT2D eigenvalue weighted by Crippen LogP contribution is -2.33. The van der Waals surface area contributed by atoms with Gasteiger partial charge in [-0.3, -0.25) is 4.90 Å². The number of benzene rings is 1. The minimum atomic E-state index is 0.717. The van der Waals surface area contributed by atoms with E-state index in [-0.39, 0.29) is 0 Å². The van der Waals surface area contributed by atoms with Crippen molar-refractivity contribution in [3.8, 4) is 0 Å². The van der Waals surface area contributed by atoms with Gasteiger partial charge in [-0.2, -0.15) is 0 Å². The molecular weight excluding hydrogens is 260 g/mol. The zero-order valence-corrected chi connectivity index (χ0v) is 13.2. The quantitative estimate of drug-likeness (QED) is 0.903. The van der Waals surface area contributed by atoms with Gasteiger partial charge in [0.15, 0.2) is 0 Å². The van der Waals surface area contributed by atoms with Crippen LogP contribution in [0, 0.1) is 0 Å². The highest BCUT2D eigenvalue weighted by Crippen LogP contribution is 2.29. The van der Waals surface area contributed by atoms with E-state index >= 15 is 0 Å². The average Bonchev–Trinajstić information content (AvgIpc) is 2.86. The first-order chi connectivity index (χ1) is 10.3. The van der Waals surface area contributed by atoms with Crippen LogP contribution in [0.25, 0.3) is 11.0 Å². The summed E-state index contributed by atoms with van der Waals surface area (Å²) < 4.78 is 6.13. The fourth-order valence-electron chi connectivity index (χ4n) is 3.53. The predicted molar refractivity (Wildman–Crippen MR) is 87.3 cm³/mol. The van der Waals surface area contributed by atoms with Crippen LogP contribution in [0.5, 0.6) is 0 Å². The molecular formula is C18H26N2O. The number of rotatable bonds is 5. The molecule has 1 heterocycles. The summed E-state index contributed by atoms with van der Waals surface area (Å²) >= 11 is 0. The van der Waals surface area contributed by atoms with E-state index in [1.165, 1.54) is 43.1 Å². The molecule has 1 aromatic heterocycles. The first kappa shape index (κ1) is 14.6. The highest BCUT2D eigenvalue weighted by molar-refractivity contribution is 5.82. The molecule has 1 aliphatic rings. The van der Waals surface area contributed by atoms with Gasteiger partial charge < -0.3 is 9.73 Å². The lowest BCUT2D eigenvalue weighted by Gasteiger charge is -2.30. The van der Waals surface area contributed by atoms with Gasteiger partial charge in [-0.25, -0.2) is 0 Å². The molecule has 1 saturated carbocycles. The fraction of sp³-hybridized carbons (Fsp3) is 0.556. The number of hydrogen-bond donors (Lipinski definition) is 1. The number of furan rings is 1. The Bertz CT molecular complexity index is 584. The highest BCUT2D eigenvalue weighted by atomic mass is 16.3. The van der Waals surface area contributed by atoms with Crippen molar-refractivity contribution in [1.82, 2.24) is 10.2 Å². The Kier molecular flexibility index (Phi) is 4.61. The standard InChI is InChI=1S/C18H26N2O/c1-19-12-16-15-10-6-7-11-17(15)21-18(16)13-20(2)14-8-4-3-5-9-14/h6-7,10-11,14,19H,3-5,8-9,12-13H2,1-2H3. The summed E-state index contributed by atoms with van der Waals surface area (Å²) in [5.41, 5.74) is 2.32. The Morgan fingerprint density at radius 2 is 1.95 bits per heavy atom. The number of fused-ring (bicyclic) bond motifs is 1. The van der Waals surface area contributed by atoms with E-state index in [0.29, 0.717) is 0 Å². The van der Waals surface area contributed by atoms with Gasteiger partial charge in [0.2, 0.25) is 0 Å². The van der Waals surface area contributed by atoms with Crippen LogP contribution in [-0.4, -0.2) is 25.0 Å². The molecule has 0 saturated heterocycles. The number of nitrogens with zero attached hydrogens (tertiary/aromatic N) is 1. The van der Waals surface area contributed by atoms with Crippen molar-refractivity contribution >= 4 is 11.0 Å². The van der Waals surface area contributed by atoms with E-state index in [4.69, 9.17) is 4.42 Å². The Morgan fingerprint density at radius 1 is 1.19 bits per heavy atom. The smallest absolute Gasteiger partial charge is 0.134 e. The van der Waals surface area contributed by atoms with Crippen molar-refractivity contribution in [2.45, 2.75) is 51.2 Å². The van der Waals surface area contributed by atoms with E-state index in [1.54, 1.807) is 0 Å². The number of hydrogen-bond acceptors (Lipinski definition) is 3. The topological polar surface area (TPSA) is 28.4 Å². The van der Waals surface area contributed by atoms with Gasteiger partial charge in [-0.1, -0.05) is 37.5 Å². The molecule has 1 fully saturated rings. The molecule has 1 aromatic carbocycles. The minimum absolute atomic E-state index is 0.717. The van der Waals surface area contributed by atoms with E-state index in [9.17, 15) is 0 Å². The van der Waals surface area contributed by atoms with Crippen LogP contribution in [0.2, 0.25) is 0 Å². The fourth-order valence-corrected chi connectivity index (χ4v) is 3.53. The van der Waals surface area contributed by atoms with Gasteiger partial charge in [0.05, 0.1) is 6.54 Å². The monoisotopic (exact) mass is 286 g/mol. The van der Waals surface area contributed by atoms with Gasteiger partial charge in [0.25, 0.3) is 0 Å². The normalized spacial score (nSPS) is 16.9. The van der Waals surface area contributed by atoms with Crippen molar-refractivity contribution < 1.29 is 4.42 Å². The minimum Gasteiger partial charge on any atom is -0.459 e. The molecule has 0 spiro atoms. The highest BCUT2D eigenvalue weighted by Gasteiger charge is 2.21. The Morgan fingerprint density at radius 3 is 2.71 bits per heavy atom. The molecule has 2 aromatic rings. The van der Waals surface area contributed by atoms with Gasteiger partial charge in [0, 0.05) is 23.5 Å². The van der Waals surface area contributed by atoms with E-state index in [0.717, 1.165) is 30.5 Å². The third-order valence-electron chi connectivity index (χ3n) is 4.73. The van der Waals surface area contributed by atoms with Crippen LogP contribution >= 0.6 is 0 Å². The van der Waals surface area contributed by atoms with Crippen LogP contribution in [0.4, 0.5) is 0 Å². The van der Waals surface area contributed by atoms with Crippen molar-refractivity contribution in [3.05, 3.63) is 35.6 Å². The van der Waals surface area contributed by atoms with Crippen molar-refractivity contribution in [3.63, 3.8) is 0 Å². The average molecular weight is 286 g/mol. The molecule has 0 bridgehead atoms. The predicted octanol–water partition coefficient (Wildman–Crippen LogP) is 3.92. The lowest BCUT2D eigenvalue weighted by molar-refractivity contribution is 0.173. The second-order valence-electron chi connectivity index (χ2n) is 6.24. The first-order valence-corrected chi connectivity index (χ1v) is 8.13. The van der Waals surface area contributed by atoms with E-state index in [2.05, 4.69) is 35.5 Å². The van der Waals surface area contributed by atoms with Gasteiger partial charge in [-0.15, -0.1) is 0 Å². The molecule has 3 heteroatoms. The second-order valence-corrected chi connectivity index (χ2v) is 6.24. The Hall–Kier alpha value is -1.32. The van der Waals surface area contributed by atoms with Gasteiger partial charge in [-0.05, 0) is 33.0 Å². The van der Waals surface area contributed by atoms with Crippen molar-refractivity contribution in [2.75, 3.05) is 14.1 Å². The summed E-state index contributed by atoms with van der Waals surface area (Å²) in [7, 11) is 4.24. The summed E-state index contributed by atoms with van der Waals surface area (Å²) in [6, 6.07) is 9.08. The van der Waals surface area contributed by atoms with E-state index < -0.39 is 0 Å². The Balaban J connectivity index is 1.83. The summed E-state index contributed by atoms with van der Waals surface area (Å²) in [6.45, 7) is 1.78. The SMILES string of the molecule is CNCc1c(CN(C)C2CCCCC2)oc2ccccc12. The number of para-hydroxylation sites is 1. The van der Waals surface area contributed by atoms with Crippen molar-refractivity contribution in [1.29, 1.82) is 0 Å². The second kappa shape index (κ2) is 6.63. The zero-order chi connectivity index (χ0) is 14.7. The number of nitrogens with one attached hydrogen (secondary N) is 1. The summed E-state index contributed by atoms with van der Waals surface area (Å²) in [5, 5.41) is 4.53. The van der Waals surface area contributed by atoms with Gasteiger partial charge >= 0.3 is 0 Å². The maximum Gasteiger partial charge on any atom is 0.134 e. The molecule has 21 heavy (non-hydrogen) atoms. The first-order valence-electron chi connectivity index (χ1n) is 8.13. The van der Waals surface area contributed by atoms with Gasteiger partial charge in [0.1, 0.15) is 11.3 Å². The van der Waals surface area contributed by atoms with Crippen LogP contribution < -0.4 is 5.32 Å². The lowest BCUT2D eigenvalue weighted by atomic mass is 9.94. The molecule has 3 nitrogen and oxygen atoms in total. The third kappa shape index (κ3) is 3.14. The molecule has 0 atom stereocenters. The molecule has 1 aliphatic carbocycles.